The molecule has 5 heteroatoms. The molecule has 22 heavy (non-hydrogen) atoms. The molecule has 2 aliphatic rings. The highest BCUT2D eigenvalue weighted by molar-refractivity contribution is 5.92. The van der Waals surface area contributed by atoms with E-state index >= 15 is 0 Å². The zero-order chi connectivity index (χ0) is 15.5. The fourth-order valence-electron chi connectivity index (χ4n) is 3.71. The van der Waals surface area contributed by atoms with Crippen molar-refractivity contribution in [2.24, 2.45) is 11.7 Å². The monoisotopic (exact) mass is 301 g/mol. The average molecular weight is 301 g/mol. The first-order chi connectivity index (χ1) is 10.6. The van der Waals surface area contributed by atoms with Crippen LogP contribution in [0.4, 0.5) is 0 Å². The molecule has 2 amide bonds. The van der Waals surface area contributed by atoms with E-state index in [9.17, 15) is 9.59 Å². The number of hydrogen-bond acceptors (Lipinski definition) is 3. The van der Waals surface area contributed by atoms with Crippen molar-refractivity contribution in [3.63, 3.8) is 0 Å². The lowest BCUT2D eigenvalue weighted by Gasteiger charge is -2.28. The van der Waals surface area contributed by atoms with Crippen LogP contribution in [-0.2, 0) is 11.3 Å². The third kappa shape index (κ3) is 3.65. The van der Waals surface area contributed by atoms with E-state index in [-0.39, 0.29) is 5.91 Å². The molecule has 2 aliphatic heterocycles. The molecule has 0 radical (unpaired) electrons. The second kappa shape index (κ2) is 6.48. The van der Waals surface area contributed by atoms with Crippen LogP contribution >= 0.6 is 0 Å². The van der Waals surface area contributed by atoms with Gasteiger partial charge in [-0.3, -0.25) is 9.59 Å². The topological polar surface area (TPSA) is 84.2 Å². The summed E-state index contributed by atoms with van der Waals surface area (Å²) in [6.07, 6.45) is 5.33. The van der Waals surface area contributed by atoms with Gasteiger partial charge >= 0.3 is 0 Å². The molecule has 2 fully saturated rings. The molecule has 1 aromatic carbocycles. The molecule has 0 saturated carbocycles. The summed E-state index contributed by atoms with van der Waals surface area (Å²) in [6, 6.07) is 8.31. The van der Waals surface area contributed by atoms with Gasteiger partial charge in [0.05, 0.1) is 0 Å². The largest absolute Gasteiger partial charge is 0.366 e. The Hall–Kier alpha value is -1.88. The Morgan fingerprint density at radius 2 is 1.95 bits per heavy atom. The highest BCUT2D eigenvalue weighted by Crippen LogP contribution is 2.32. The Kier molecular flexibility index (Phi) is 4.43. The predicted molar refractivity (Wildman–Crippen MR) is 84.1 cm³/mol. The number of nitrogens with two attached hydrogens (primary N) is 1. The summed E-state index contributed by atoms with van der Waals surface area (Å²) < 4.78 is 0. The van der Waals surface area contributed by atoms with Crippen molar-refractivity contribution in [2.75, 3.05) is 0 Å². The van der Waals surface area contributed by atoms with Gasteiger partial charge in [-0.25, -0.2) is 0 Å². The molecular formula is C17H23N3O2. The van der Waals surface area contributed by atoms with Crippen molar-refractivity contribution in [2.45, 2.75) is 50.7 Å². The number of carbonyl (C=O) groups is 2. The molecule has 118 valence electrons. The van der Waals surface area contributed by atoms with Crippen molar-refractivity contribution in [1.82, 2.24) is 10.6 Å². The highest BCUT2D eigenvalue weighted by atomic mass is 16.1. The van der Waals surface area contributed by atoms with Gasteiger partial charge in [0, 0.05) is 30.6 Å². The molecule has 1 aromatic rings. The number of carbonyl (C=O) groups excluding carboxylic acids is 2. The maximum absolute atomic E-state index is 12.1. The van der Waals surface area contributed by atoms with Gasteiger partial charge in [0.2, 0.25) is 11.8 Å². The van der Waals surface area contributed by atoms with Gasteiger partial charge in [0.15, 0.2) is 0 Å². The number of fused-ring (bicyclic) bond motifs is 2. The van der Waals surface area contributed by atoms with Crippen LogP contribution in [0.3, 0.4) is 0 Å². The molecule has 2 heterocycles. The van der Waals surface area contributed by atoms with Gasteiger partial charge in [-0.2, -0.15) is 0 Å². The molecule has 0 aliphatic carbocycles. The number of benzene rings is 1. The van der Waals surface area contributed by atoms with Crippen LogP contribution in [0.15, 0.2) is 24.3 Å². The Balaban J connectivity index is 1.48. The van der Waals surface area contributed by atoms with E-state index in [0.717, 1.165) is 18.4 Å². The summed E-state index contributed by atoms with van der Waals surface area (Å²) in [4.78, 5) is 23.3. The van der Waals surface area contributed by atoms with Crippen molar-refractivity contribution < 1.29 is 9.59 Å². The zero-order valence-electron chi connectivity index (χ0n) is 12.7. The van der Waals surface area contributed by atoms with Crippen molar-refractivity contribution in [3.8, 4) is 0 Å². The first kappa shape index (κ1) is 15.0. The van der Waals surface area contributed by atoms with Gasteiger partial charge in [-0.15, -0.1) is 0 Å². The molecule has 4 N–H and O–H groups in total. The second-order valence-electron chi connectivity index (χ2n) is 6.52. The SMILES string of the molecule is NC(=O)c1cccc(CNC(=O)CC2CC3CCC(C2)N3)c1. The van der Waals surface area contributed by atoms with Gasteiger partial charge in [-0.1, -0.05) is 12.1 Å². The van der Waals surface area contributed by atoms with E-state index in [1.165, 1.54) is 12.8 Å². The molecule has 0 aromatic heterocycles. The lowest BCUT2D eigenvalue weighted by molar-refractivity contribution is -0.122. The molecule has 0 spiro atoms. The summed E-state index contributed by atoms with van der Waals surface area (Å²) in [6.45, 7) is 0.442. The number of piperidine rings is 1. The quantitative estimate of drug-likeness (QED) is 0.767. The third-order valence-corrected chi connectivity index (χ3v) is 4.75. The molecule has 2 saturated heterocycles. The van der Waals surface area contributed by atoms with E-state index < -0.39 is 5.91 Å². The van der Waals surface area contributed by atoms with E-state index in [1.54, 1.807) is 18.2 Å². The summed E-state index contributed by atoms with van der Waals surface area (Å²) in [5.41, 5.74) is 6.63. The van der Waals surface area contributed by atoms with Crippen molar-refractivity contribution >= 4 is 11.8 Å². The van der Waals surface area contributed by atoms with Crippen LogP contribution in [0.25, 0.3) is 0 Å². The van der Waals surface area contributed by atoms with Crippen molar-refractivity contribution in [1.29, 1.82) is 0 Å². The Labute approximate surface area is 130 Å². The van der Waals surface area contributed by atoms with Crippen LogP contribution in [0.5, 0.6) is 0 Å². The lowest BCUT2D eigenvalue weighted by atomic mass is 9.89. The standard InChI is InChI=1S/C17H23N3O2/c18-17(22)13-3-1-2-11(6-13)10-19-16(21)9-12-7-14-4-5-15(8-12)20-14/h1-3,6,12,14-15,20H,4-5,7-10H2,(H2,18,22)(H,19,21). The number of amides is 2. The van der Waals surface area contributed by atoms with E-state index in [0.29, 0.717) is 36.5 Å². The normalized spacial score (nSPS) is 26.6. The zero-order valence-corrected chi connectivity index (χ0v) is 12.7. The average Bonchev–Trinajstić information content (AvgIpc) is 2.84. The van der Waals surface area contributed by atoms with Crippen LogP contribution < -0.4 is 16.4 Å². The van der Waals surface area contributed by atoms with E-state index in [1.807, 2.05) is 6.07 Å². The van der Waals surface area contributed by atoms with Crippen LogP contribution in [0.1, 0.15) is 48.0 Å². The predicted octanol–water partition coefficient (Wildman–Crippen LogP) is 1.32. The third-order valence-electron chi connectivity index (χ3n) is 4.75. The number of nitrogens with one attached hydrogen (secondary N) is 2. The van der Waals surface area contributed by atoms with Gasteiger partial charge in [-0.05, 0) is 49.3 Å². The van der Waals surface area contributed by atoms with E-state index in [4.69, 9.17) is 5.73 Å². The van der Waals surface area contributed by atoms with Gasteiger partial charge < -0.3 is 16.4 Å². The minimum Gasteiger partial charge on any atom is -0.366 e. The van der Waals surface area contributed by atoms with Gasteiger partial charge in [0.25, 0.3) is 0 Å². The Bertz CT molecular complexity index is 561. The Morgan fingerprint density at radius 3 is 2.64 bits per heavy atom. The lowest BCUT2D eigenvalue weighted by Crippen LogP contribution is -2.39. The summed E-state index contributed by atoms with van der Waals surface area (Å²) in [7, 11) is 0. The summed E-state index contributed by atoms with van der Waals surface area (Å²) in [5, 5.41) is 6.54. The number of primary amides is 1. The molecule has 2 atom stereocenters. The highest BCUT2D eigenvalue weighted by Gasteiger charge is 2.34. The maximum atomic E-state index is 12.1. The first-order valence-electron chi connectivity index (χ1n) is 8.01. The Morgan fingerprint density at radius 1 is 1.23 bits per heavy atom. The van der Waals surface area contributed by atoms with Crippen LogP contribution in [-0.4, -0.2) is 23.9 Å². The summed E-state index contributed by atoms with van der Waals surface area (Å²) >= 11 is 0. The first-order valence-corrected chi connectivity index (χ1v) is 8.01. The fourth-order valence-corrected chi connectivity index (χ4v) is 3.71. The van der Waals surface area contributed by atoms with Gasteiger partial charge in [0.1, 0.15) is 0 Å². The van der Waals surface area contributed by atoms with Crippen molar-refractivity contribution in [3.05, 3.63) is 35.4 Å². The molecular weight excluding hydrogens is 278 g/mol. The minimum absolute atomic E-state index is 0.0933. The smallest absolute Gasteiger partial charge is 0.248 e. The number of rotatable bonds is 5. The van der Waals surface area contributed by atoms with Crippen LogP contribution in [0, 0.1) is 5.92 Å². The maximum Gasteiger partial charge on any atom is 0.248 e. The minimum atomic E-state index is -0.446. The second-order valence-corrected chi connectivity index (χ2v) is 6.52. The molecule has 2 bridgehead atoms. The molecule has 5 nitrogen and oxygen atoms in total. The number of hydrogen-bond donors (Lipinski definition) is 3. The molecule has 2 unspecified atom stereocenters. The van der Waals surface area contributed by atoms with Crippen LogP contribution in [0.2, 0.25) is 0 Å². The van der Waals surface area contributed by atoms with E-state index in [2.05, 4.69) is 10.6 Å². The summed E-state index contributed by atoms with van der Waals surface area (Å²) in [5.74, 6) is 0.143. The molecule has 3 rings (SSSR count). The fraction of sp³-hybridized carbons (Fsp3) is 0.529.